The highest BCUT2D eigenvalue weighted by atomic mass is 79.9. The number of carbonyl (C=O) groups is 1. The zero-order valence-corrected chi connectivity index (χ0v) is 30.1. The Morgan fingerprint density at radius 1 is 1.12 bits per heavy atom. The molecule has 5 aromatic rings. The summed E-state index contributed by atoms with van der Waals surface area (Å²) in [6.45, 7) is 9.45. The third kappa shape index (κ3) is 8.28. The summed E-state index contributed by atoms with van der Waals surface area (Å²) in [7, 11) is 0. The minimum absolute atomic E-state index is 0. The summed E-state index contributed by atoms with van der Waals surface area (Å²) in [5.74, 6) is -2.42. The highest BCUT2D eigenvalue weighted by molar-refractivity contribution is 7.10. The maximum absolute atomic E-state index is 15.3. The van der Waals surface area contributed by atoms with Crippen molar-refractivity contribution in [3.05, 3.63) is 117 Å². The smallest absolute Gasteiger partial charge is 0.328 e. The quantitative estimate of drug-likeness (QED) is 0.121. The van der Waals surface area contributed by atoms with Gasteiger partial charge in [0.05, 0.1) is 28.9 Å². The number of carbonyl (C=O) groups excluding carboxylic acids is 1. The lowest BCUT2D eigenvalue weighted by molar-refractivity contribution is -0.689. The molecule has 0 unspecified atom stereocenters. The molecular weight excluding hydrogens is 714 g/mol. The fourth-order valence-electron chi connectivity index (χ4n) is 5.55. The van der Waals surface area contributed by atoms with Crippen molar-refractivity contribution < 1.29 is 45.0 Å². The Hall–Kier alpha value is -4.35. The van der Waals surface area contributed by atoms with Gasteiger partial charge in [-0.15, -0.1) is 16.0 Å². The second-order valence-electron chi connectivity index (χ2n) is 12.4. The third-order valence-electron chi connectivity index (χ3n) is 8.43. The maximum atomic E-state index is 15.3. The molecule has 3 aromatic carbocycles. The van der Waals surface area contributed by atoms with Gasteiger partial charge >= 0.3 is 5.97 Å². The Kier molecular flexibility index (Phi) is 11.8. The standard InChI is InChI=1S/C36H37F2N6O3S.BrH/c1-21(2)32(40)35(45)47-33-22(3)12-26(13-23(33)4)16-43-19-41-44(20-43)18-36(46,29-11-10-28(37)14-30(29)38)24(5)34-42-31(17-48-34)27-8-6-25(15-39)7-9-27;/h6-14,17,19-21,24,32,46H,16,18,40H2,1-5H3;1H/q+1;/p-1/t24-,32-,36+;/m0./s1. The van der Waals surface area contributed by atoms with E-state index in [0.717, 1.165) is 34.4 Å². The summed E-state index contributed by atoms with van der Waals surface area (Å²) in [6.07, 6.45) is 3.29. The number of hydrogen-bond acceptors (Lipinski definition) is 8. The van der Waals surface area contributed by atoms with Crippen LogP contribution in [0.5, 0.6) is 5.75 Å². The average molecular weight is 752 g/mol. The zero-order valence-electron chi connectivity index (χ0n) is 27.7. The van der Waals surface area contributed by atoms with Crippen LogP contribution in [0.4, 0.5) is 8.78 Å². The second kappa shape index (κ2) is 15.5. The summed E-state index contributed by atoms with van der Waals surface area (Å²) in [6, 6.07) is 15.3. The first-order chi connectivity index (χ1) is 22.8. The number of hydrogen-bond donors (Lipinski definition) is 2. The van der Waals surface area contributed by atoms with E-state index < -0.39 is 35.2 Å². The fourth-order valence-corrected chi connectivity index (χ4v) is 6.52. The third-order valence-corrected chi connectivity index (χ3v) is 9.45. The van der Waals surface area contributed by atoms with Crippen LogP contribution in [0.1, 0.15) is 59.5 Å². The molecule has 5 rings (SSSR count). The Morgan fingerprint density at radius 2 is 1.80 bits per heavy atom. The Labute approximate surface area is 298 Å². The van der Waals surface area contributed by atoms with Crippen molar-refractivity contribution in [3.8, 4) is 23.1 Å². The SMILES string of the molecule is Cc1cc(C[n+]2cnn(C[C@](O)(c3ccc(F)cc3F)[C@@H](C)c3nc(-c4ccc(C#N)cc4)cs3)c2)cc(C)c1OC(=O)[C@@H](N)C(C)C.[Br-]. The van der Waals surface area contributed by atoms with E-state index in [2.05, 4.69) is 11.2 Å². The molecule has 2 aromatic heterocycles. The number of benzene rings is 3. The van der Waals surface area contributed by atoms with Gasteiger partial charge in [-0.1, -0.05) is 39.0 Å². The largest absolute Gasteiger partial charge is 1.00 e. The van der Waals surface area contributed by atoms with Crippen molar-refractivity contribution in [1.29, 1.82) is 5.26 Å². The fraction of sp³-hybridized carbons (Fsp3) is 0.306. The number of rotatable bonds is 11. The van der Waals surface area contributed by atoms with Crippen molar-refractivity contribution in [2.45, 2.75) is 65.3 Å². The number of esters is 1. The van der Waals surface area contributed by atoms with Gasteiger partial charge < -0.3 is 32.6 Å². The van der Waals surface area contributed by atoms with E-state index in [1.54, 1.807) is 43.8 Å². The maximum Gasteiger partial charge on any atom is 0.328 e. The number of nitrogens with two attached hydrogens (primary N) is 1. The zero-order chi connectivity index (χ0) is 34.7. The van der Waals surface area contributed by atoms with Gasteiger partial charge in [0.2, 0.25) is 6.33 Å². The van der Waals surface area contributed by atoms with Crippen molar-refractivity contribution in [3.63, 3.8) is 0 Å². The van der Waals surface area contributed by atoms with E-state index in [9.17, 15) is 14.3 Å². The number of aromatic nitrogens is 4. The van der Waals surface area contributed by atoms with Crippen LogP contribution in [0.25, 0.3) is 11.3 Å². The molecule has 0 aliphatic rings. The highest BCUT2D eigenvalue weighted by Crippen LogP contribution is 2.41. The topological polar surface area (TPSA) is 131 Å². The lowest BCUT2D eigenvalue weighted by Crippen LogP contribution is -3.00. The molecule has 49 heavy (non-hydrogen) atoms. The van der Waals surface area contributed by atoms with Crippen molar-refractivity contribution in [2.75, 3.05) is 0 Å². The van der Waals surface area contributed by atoms with Crippen molar-refractivity contribution in [1.82, 2.24) is 14.8 Å². The van der Waals surface area contributed by atoms with Crippen LogP contribution in [-0.2, 0) is 23.5 Å². The van der Waals surface area contributed by atoms with E-state index in [1.165, 1.54) is 22.1 Å². The lowest BCUT2D eigenvalue weighted by Gasteiger charge is -2.32. The van der Waals surface area contributed by atoms with Gasteiger partial charge in [0.1, 0.15) is 35.6 Å². The first kappa shape index (κ1) is 37.5. The highest BCUT2D eigenvalue weighted by Gasteiger charge is 2.43. The van der Waals surface area contributed by atoms with E-state index in [0.29, 0.717) is 28.6 Å². The minimum atomic E-state index is -1.86. The molecule has 0 saturated heterocycles. The van der Waals surface area contributed by atoms with Crippen LogP contribution in [0.3, 0.4) is 0 Å². The Morgan fingerprint density at radius 3 is 2.41 bits per heavy atom. The Bertz CT molecular complexity index is 1970. The number of aliphatic hydroxyl groups is 1. The molecule has 13 heteroatoms. The molecule has 0 saturated carbocycles. The number of aryl methyl sites for hydroxylation is 2. The van der Waals surface area contributed by atoms with Crippen LogP contribution in [0, 0.1) is 42.7 Å². The van der Waals surface area contributed by atoms with Gasteiger partial charge in [-0.2, -0.15) is 5.26 Å². The van der Waals surface area contributed by atoms with Crippen molar-refractivity contribution in [2.24, 2.45) is 11.7 Å². The first-order valence-corrected chi connectivity index (χ1v) is 16.3. The van der Waals surface area contributed by atoms with Gasteiger partial charge in [0, 0.05) is 33.6 Å². The monoisotopic (exact) mass is 750 g/mol. The predicted octanol–water partition coefficient (Wildman–Crippen LogP) is 2.69. The van der Waals surface area contributed by atoms with Crippen LogP contribution >= 0.6 is 11.3 Å². The molecule has 0 bridgehead atoms. The molecule has 256 valence electrons. The molecule has 0 spiro atoms. The molecular formula is C36H37BrF2N6O3S. The molecule has 0 aliphatic heterocycles. The summed E-state index contributed by atoms with van der Waals surface area (Å²) in [5.41, 5.74) is 8.48. The van der Waals surface area contributed by atoms with E-state index in [-0.39, 0.29) is 35.0 Å². The molecule has 0 radical (unpaired) electrons. The average Bonchev–Trinajstić information content (AvgIpc) is 3.71. The van der Waals surface area contributed by atoms with E-state index in [1.807, 2.05) is 49.8 Å². The van der Waals surface area contributed by atoms with Gasteiger partial charge in [0.15, 0.2) is 0 Å². The molecule has 0 amide bonds. The number of nitrogens with zero attached hydrogens (tertiary/aromatic N) is 5. The lowest BCUT2D eigenvalue weighted by atomic mass is 9.82. The van der Waals surface area contributed by atoms with Crippen LogP contribution < -0.4 is 32.0 Å². The molecule has 3 N–H and O–H groups in total. The molecule has 9 nitrogen and oxygen atoms in total. The van der Waals surface area contributed by atoms with E-state index >= 15 is 4.39 Å². The van der Waals surface area contributed by atoms with Crippen LogP contribution in [0.15, 0.2) is 72.6 Å². The Balaban J connectivity index is 0.00000541. The second-order valence-corrected chi connectivity index (χ2v) is 13.3. The minimum Gasteiger partial charge on any atom is -1.00 e. The van der Waals surface area contributed by atoms with Gasteiger partial charge in [-0.25, -0.2) is 23.1 Å². The number of thiazole rings is 1. The summed E-state index contributed by atoms with van der Waals surface area (Å²) in [4.78, 5) is 17.2. The summed E-state index contributed by atoms with van der Waals surface area (Å²) >= 11 is 1.31. The molecule has 0 fully saturated rings. The van der Waals surface area contributed by atoms with E-state index in [4.69, 9.17) is 20.7 Å². The molecule has 0 aliphatic carbocycles. The van der Waals surface area contributed by atoms with Crippen LogP contribution in [-0.4, -0.2) is 31.9 Å². The predicted molar refractivity (Wildman–Crippen MR) is 177 cm³/mol. The van der Waals surface area contributed by atoms with Crippen LogP contribution in [0.2, 0.25) is 0 Å². The summed E-state index contributed by atoms with van der Waals surface area (Å²) < 4.78 is 38.2. The molecule has 3 atom stereocenters. The number of ether oxygens (including phenoxy) is 1. The van der Waals surface area contributed by atoms with Gasteiger partial charge in [-0.3, -0.25) is 0 Å². The summed E-state index contributed by atoms with van der Waals surface area (Å²) in [5, 5.41) is 28.2. The molecule has 2 heterocycles. The first-order valence-electron chi connectivity index (χ1n) is 15.4. The van der Waals surface area contributed by atoms with Gasteiger partial charge in [0.25, 0.3) is 6.33 Å². The number of halogens is 3. The van der Waals surface area contributed by atoms with Gasteiger partial charge in [-0.05, 0) is 66.8 Å². The number of nitriles is 1. The normalized spacial score (nSPS) is 13.7. The van der Waals surface area contributed by atoms with Crippen molar-refractivity contribution >= 4 is 17.3 Å².